The molecule has 0 aromatic heterocycles. The number of phenols is 3. The van der Waals surface area contributed by atoms with Gasteiger partial charge in [0.2, 0.25) is 0 Å². The van der Waals surface area contributed by atoms with Crippen molar-refractivity contribution in [2.75, 3.05) is 42.0 Å². The number of fused-ring (bicyclic) bond motifs is 8. The molecule has 3 aliphatic rings. The molecule has 266 valence electrons. The first-order valence-electron chi connectivity index (χ1n) is 16.8. The van der Waals surface area contributed by atoms with Crippen LogP contribution in [0.5, 0.6) is 40.2 Å². The summed E-state index contributed by atoms with van der Waals surface area (Å²) in [6.45, 7) is 3.62. The van der Waals surface area contributed by atoms with Crippen molar-refractivity contribution in [1.82, 2.24) is 15.1 Å². The Kier molecular flexibility index (Phi) is 8.52. The van der Waals surface area contributed by atoms with Crippen molar-refractivity contribution in [3.63, 3.8) is 0 Å². The van der Waals surface area contributed by atoms with Crippen LogP contribution in [0.4, 0.5) is 0 Å². The number of hydrogen-bond acceptors (Lipinski definition) is 11. The second-order valence-electron chi connectivity index (χ2n) is 13.4. The number of rotatable bonds is 7. The molecule has 7 rings (SSSR count). The van der Waals surface area contributed by atoms with E-state index >= 15 is 0 Å². The van der Waals surface area contributed by atoms with Gasteiger partial charge in [-0.3, -0.25) is 14.6 Å². The van der Waals surface area contributed by atoms with E-state index in [0.29, 0.717) is 63.3 Å². The largest absolute Gasteiger partial charge is 0.507 e. The van der Waals surface area contributed by atoms with Crippen molar-refractivity contribution in [3.8, 4) is 46.3 Å². The van der Waals surface area contributed by atoms with Gasteiger partial charge in [-0.05, 0) is 50.6 Å². The molecular weight excluding hydrogens is 652 g/mol. The SMILES string of the molecule is COc1c(C)c(OC)c2c(c1O)[C@H]1[C@@H]3Cc4c(OC)c(C)c(OC)c(O)c4[C@H](CNC(=O)c4c(O)ccc5ccccc45)N3[C@@H](C#N)[C@@H](C2)N1C. The molecule has 1 amide bonds. The molecule has 0 unspecified atom stereocenters. The lowest BCUT2D eigenvalue weighted by atomic mass is 9.71. The molecule has 0 saturated carbocycles. The Morgan fingerprint density at radius 3 is 2.02 bits per heavy atom. The van der Waals surface area contributed by atoms with Crippen LogP contribution in [0.25, 0.3) is 10.8 Å². The molecule has 5 atom stereocenters. The van der Waals surface area contributed by atoms with Crippen molar-refractivity contribution in [1.29, 1.82) is 5.26 Å². The number of ether oxygens (including phenoxy) is 4. The predicted octanol–water partition coefficient (Wildman–Crippen LogP) is 4.81. The van der Waals surface area contributed by atoms with Gasteiger partial charge in [-0.15, -0.1) is 0 Å². The number of benzene rings is 4. The Morgan fingerprint density at radius 1 is 0.843 bits per heavy atom. The van der Waals surface area contributed by atoms with E-state index in [1.807, 2.05) is 33.0 Å². The first-order chi connectivity index (χ1) is 24.5. The number of nitriles is 1. The molecule has 51 heavy (non-hydrogen) atoms. The highest BCUT2D eigenvalue weighted by Gasteiger charge is 2.57. The zero-order valence-electron chi connectivity index (χ0n) is 29.7. The lowest BCUT2D eigenvalue weighted by molar-refractivity contribution is -0.0724. The van der Waals surface area contributed by atoms with E-state index < -0.39 is 30.1 Å². The van der Waals surface area contributed by atoms with Gasteiger partial charge in [0.15, 0.2) is 23.0 Å². The second kappa shape index (κ2) is 12.7. The van der Waals surface area contributed by atoms with E-state index in [1.165, 1.54) is 20.3 Å². The number of phenolic OH excluding ortho intramolecular Hbond substituents is 3. The van der Waals surface area contributed by atoms with Gasteiger partial charge in [0.05, 0.1) is 52.2 Å². The summed E-state index contributed by atoms with van der Waals surface area (Å²) < 4.78 is 23.3. The maximum absolute atomic E-state index is 14.0. The van der Waals surface area contributed by atoms with Gasteiger partial charge >= 0.3 is 0 Å². The highest BCUT2D eigenvalue weighted by molar-refractivity contribution is 6.09. The quantitative estimate of drug-likeness (QED) is 0.211. The van der Waals surface area contributed by atoms with Crippen LogP contribution < -0.4 is 24.3 Å². The molecule has 0 spiro atoms. The third-order valence-corrected chi connectivity index (χ3v) is 11.3. The Bertz CT molecular complexity index is 2130. The third-order valence-electron chi connectivity index (χ3n) is 11.3. The summed E-state index contributed by atoms with van der Waals surface area (Å²) in [5.74, 6) is 0.941. The first-order valence-corrected chi connectivity index (χ1v) is 16.8. The van der Waals surface area contributed by atoms with E-state index in [1.54, 1.807) is 32.4 Å². The monoisotopic (exact) mass is 694 g/mol. The summed E-state index contributed by atoms with van der Waals surface area (Å²) in [5.41, 5.74) is 4.08. The average molecular weight is 695 g/mol. The van der Waals surface area contributed by atoms with Gasteiger partial charge in [0.25, 0.3) is 5.91 Å². The van der Waals surface area contributed by atoms with Gasteiger partial charge in [0, 0.05) is 52.0 Å². The number of hydrogen-bond donors (Lipinski definition) is 4. The minimum Gasteiger partial charge on any atom is -0.507 e. The normalized spacial score (nSPS) is 22.3. The molecule has 4 aromatic carbocycles. The number of piperazine rings is 1. The smallest absolute Gasteiger partial charge is 0.255 e. The zero-order valence-corrected chi connectivity index (χ0v) is 29.7. The number of nitrogens with one attached hydrogen (secondary N) is 1. The van der Waals surface area contributed by atoms with Crippen LogP contribution in [0.15, 0.2) is 36.4 Å². The third kappa shape index (κ3) is 4.82. The molecule has 0 radical (unpaired) electrons. The van der Waals surface area contributed by atoms with Crippen molar-refractivity contribution in [2.24, 2.45) is 0 Å². The van der Waals surface area contributed by atoms with Gasteiger partial charge in [0.1, 0.15) is 23.3 Å². The molecule has 1 saturated heterocycles. The highest BCUT2D eigenvalue weighted by Crippen LogP contribution is 2.58. The Morgan fingerprint density at radius 2 is 1.41 bits per heavy atom. The second-order valence-corrected chi connectivity index (χ2v) is 13.4. The van der Waals surface area contributed by atoms with Gasteiger partial charge < -0.3 is 39.6 Å². The molecule has 12 nitrogen and oxygen atoms in total. The summed E-state index contributed by atoms with van der Waals surface area (Å²) in [6, 6.07) is 10.4. The first kappa shape index (κ1) is 34.1. The van der Waals surface area contributed by atoms with Crippen LogP contribution in [0.3, 0.4) is 0 Å². The molecule has 2 bridgehead atoms. The number of nitrogens with zero attached hydrogens (tertiary/aromatic N) is 3. The van der Waals surface area contributed by atoms with Crippen molar-refractivity contribution < 1.29 is 39.1 Å². The lowest BCUT2D eigenvalue weighted by Crippen LogP contribution is -2.68. The molecule has 3 aliphatic heterocycles. The van der Waals surface area contributed by atoms with E-state index in [-0.39, 0.29) is 41.1 Å². The number of amides is 1. The number of carbonyl (C=O) groups excluding carboxylic acids is 1. The van der Waals surface area contributed by atoms with E-state index in [9.17, 15) is 25.4 Å². The Labute approximate surface area is 296 Å². The minimum atomic E-state index is -0.746. The standard InChI is InChI=1S/C39H42N4O8/c1-18-35(48-4)22-15-25-32-31-23(36(49-5)19(2)38(51-7)34(31)46)14-24(42(32)3)26(16-40)43(25)27(29(22)33(45)37(18)50-6)17-41-39(47)30-21-11-9-8-10-20(21)12-13-28(30)44/h8-13,24-27,32,44-46H,14-15,17H2,1-7H3,(H,41,47)/t24-,25+,26+,27+,32-/m1/s1. The Balaban J connectivity index is 1.43. The van der Waals surface area contributed by atoms with Crippen LogP contribution in [-0.2, 0) is 12.8 Å². The molecule has 4 N–H and O–H groups in total. The van der Waals surface area contributed by atoms with Gasteiger partial charge in [-0.25, -0.2) is 0 Å². The predicted molar refractivity (Wildman–Crippen MR) is 189 cm³/mol. The van der Waals surface area contributed by atoms with Crippen molar-refractivity contribution in [2.45, 2.75) is 56.9 Å². The van der Waals surface area contributed by atoms with Crippen LogP contribution in [0.1, 0.15) is 55.8 Å². The molecule has 3 heterocycles. The van der Waals surface area contributed by atoms with Crippen LogP contribution in [0.2, 0.25) is 0 Å². The molecule has 12 heteroatoms. The van der Waals surface area contributed by atoms with Crippen LogP contribution >= 0.6 is 0 Å². The number of likely N-dealkylation sites (N-methyl/N-ethyl adjacent to an activating group) is 1. The summed E-state index contributed by atoms with van der Waals surface area (Å²) in [4.78, 5) is 18.2. The van der Waals surface area contributed by atoms with E-state index in [0.717, 1.165) is 10.9 Å². The minimum absolute atomic E-state index is 0.0132. The van der Waals surface area contributed by atoms with Crippen LogP contribution in [0, 0.1) is 25.2 Å². The van der Waals surface area contributed by atoms with Crippen molar-refractivity contribution >= 4 is 16.7 Å². The zero-order chi connectivity index (χ0) is 36.5. The molecule has 0 aliphatic carbocycles. The maximum Gasteiger partial charge on any atom is 0.255 e. The topological polar surface area (TPSA) is 157 Å². The van der Waals surface area contributed by atoms with E-state index in [4.69, 9.17) is 18.9 Å². The fourth-order valence-corrected chi connectivity index (χ4v) is 9.19. The number of aromatic hydroxyl groups is 3. The van der Waals surface area contributed by atoms with E-state index in [2.05, 4.69) is 21.2 Å². The molecular formula is C39H42N4O8. The fourth-order valence-electron chi connectivity index (χ4n) is 9.19. The highest BCUT2D eigenvalue weighted by atomic mass is 16.5. The summed E-state index contributed by atoms with van der Waals surface area (Å²) >= 11 is 0. The molecule has 1 fully saturated rings. The maximum atomic E-state index is 14.0. The average Bonchev–Trinajstić information content (AvgIpc) is 3.11. The fraction of sp³-hybridized carbons (Fsp3) is 0.385. The summed E-state index contributed by atoms with van der Waals surface area (Å²) in [7, 11) is 8.10. The number of carbonyl (C=O) groups is 1. The Hall–Kier alpha value is -5.38. The van der Waals surface area contributed by atoms with Crippen LogP contribution in [-0.4, -0.2) is 91.2 Å². The number of methoxy groups -OCH3 is 4. The molecule has 4 aromatic rings. The summed E-state index contributed by atoms with van der Waals surface area (Å²) in [5, 5.41) is 50.0. The van der Waals surface area contributed by atoms with Gasteiger partial charge in [-0.2, -0.15) is 5.26 Å². The summed E-state index contributed by atoms with van der Waals surface area (Å²) in [6.07, 6.45) is 0.733. The van der Waals surface area contributed by atoms with Crippen molar-refractivity contribution in [3.05, 3.63) is 75.3 Å². The lowest BCUT2D eigenvalue weighted by Gasteiger charge is -2.60. The van der Waals surface area contributed by atoms with Gasteiger partial charge in [-0.1, -0.05) is 30.3 Å².